The number of imidazole rings is 1. The molecular formula is C21H19N5O5S. The van der Waals surface area contributed by atoms with Crippen LogP contribution in [0.15, 0.2) is 57.7 Å². The molecule has 0 atom stereocenters. The quantitative estimate of drug-likeness (QED) is 0.443. The highest BCUT2D eigenvalue weighted by molar-refractivity contribution is 7.12. The highest BCUT2D eigenvalue weighted by atomic mass is 32.1. The Morgan fingerprint density at radius 1 is 1.09 bits per heavy atom. The third kappa shape index (κ3) is 3.97. The van der Waals surface area contributed by atoms with E-state index >= 15 is 0 Å². The number of hydrogen-bond acceptors (Lipinski definition) is 7. The van der Waals surface area contributed by atoms with Gasteiger partial charge in [0.1, 0.15) is 6.61 Å². The van der Waals surface area contributed by atoms with E-state index in [1.807, 2.05) is 5.38 Å². The normalized spacial score (nSPS) is 10.9. The Labute approximate surface area is 185 Å². The van der Waals surface area contributed by atoms with Crippen LogP contribution in [-0.2, 0) is 25.4 Å². The summed E-state index contributed by atoms with van der Waals surface area (Å²) in [5.74, 6) is -0.752. The lowest BCUT2D eigenvalue weighted by atomic mass is 10.2. The van der Waals surface area contributed by atoms with Crippen LogP contribution in [0.5, 0.6) is 0 Å². The molecule has 0 saturated heterocycles. The molecule has 0 aliphatic rings. The molecule has 0 bridgehead atoms. The van der Waals surface area contributed by atoms with E-state index in [4.69, 9.17) is 4.74 Å². The molecule has 0 spiro atoms. The number of hydrogen-bond donors (Lipinski definition) is 1. The molecule has 10 nitrogen and oxygen atoms in total. The Morgan fingerprint density at radius 3 is 2.53 bits per heavy atom. The van der Waals surface area contributed by atoms with Gasteiger partial charge in [-0.3, -0.25) is 18.7 Å². The van der Waals surface area contributed by atoms with Gasteiger partial charge in [0.2, 0.25) is 0 Å². The van der Waals surface area contributed by atoms with Gasteiger partial charge in [-0.05, 0) is 35.7 Å². The number of nitrogens with zero attached hydrogens (tertiary/aromatic N) is 4. The van der Waals surface area contributed by atoms with Gasteiger partial charge >= 0.3 is 11.7 Å². The fraction of sp³-hybridized carbons (Fsp3) is 0.190. The summed E-state index contributed by atoms with van der Waals surface area (Å²) in [7, 11) is 2.93. The molecule has 0 aliphatic heterocycles. The molecule has 1 N–H and O–H groups in total. The van der Waals surface area contributed by atoms with Gasteiger partial charge < -0.3 is 14.6 Å². The number of fused-ring (bicyclic) bond motifs is 1. The number of benzene rings is 1. The van der Waals surface area contributed by atoms with Crippen molar-refractivity contribution in [1.29, 1.82) is 0 Å². The van der Waals surface area contributed by atoms with E-state index in [9.17, 15) is 19.2 Å². The maximum atomic E-state index is 12.4. The highest BCUT2D eigenvalue weighted by Crippen LogP contribution is 2.15. The molecule has 0 fully saturated rings. The van der Waals surface area contributed by atoms with Crippen molar-refractivity contribution in [2.45, 2.75) is 6.54 Å². The van der Waals surface area contributed by atoms with Crippen LogP contribution in [-0.4, -0.2) is 37.2 Å². The van der Waals surface area contributed by atoms with Crippen LogP contribution < -0.4 is 16.6 Å². The monoisotopic (exact) mass is 453 g/mol. The van der Waals surface area contributed by atoms with E-state index in [2.05, 4.69) is 10.3 Å². The first kappa shape index (κ1) is 21.2. The third-order valence-electron chi connectivity index (χ3n) is 4.91. The van der Waals surface area contributed by atoms with E-state index in [-0.39, 0.29) is 30.2 Å². The van der Waals surface area contributed by atoms with E-state index < -0.39 is 17.2 Å². The fourth-order valence-electron chi connectivity index (χ4n) is 3.18. The number of carbonyl (C=O) groups excluding carboxylic acids is 2. The minimum atomic E-state index is -0.536. The Bertz CT molecular complexity index is 1410. The summed E-state index contributed by atoms with van der Waals surface area (Å²) >= 11 is 1.34. The molecule has 3 heterocycles. The van der Waals surface area contributed by atoms with Crippen LogP contribution in [0, 0.1) is 0 Å². The largest absolute Gasteiger partial charge is 0.460 e. The zero-order valence-corrected chi connectivity index (χ0v) is 18.1. The number of aromatic nitrogens is 4. The molecule has 0 radical (unpaired) electrons. The average molecular weight is 453 g/mol. The summed E-state index contributed by atoms with van der Waals surface area (Å²) in [5.41, 5.74) is 0.488. The maximum absolute atomic E-state index is 12.4. The second-order valence-electron chi connectivity index (χ2n) is 6.96. The molecular weight excluding hydrogens is 434 g/mol. The third-order valence-corrected chi connectivity index (χ3v) is 5.77. The predicted molar refractivity (Wildman–Crippen MR) is 119 cm³/mol. The van der Waals surface area contributed by atoms with Crippen molar-refractivity contribution in [2.24, 2.45) is 14.1 Å². The van der Waals surface area contributed by atoms with Crippen LogP contribution in [0.2, 0.25) is 0 Å². The highest BCUT2D eigenvalue weighted by Gasteiger charge is 2.15. The Balaban J connectivity index is 1.39. The molecule has 3 aromatic heterocycles. The van der Waals surface area contributed by atoms with Gasteiger partial charge in [-0.2, -0.15) is 0 Å². The summed E-state index contributed by atoms with van der Waals surface area (Å²) in [4.78, 5) is 53.6. The van der Waals surface area contributed by atoms with Crippen molar-refractivity contribution >= 4 is 40.1 Å². The van der Waals surface area contributed by atoms with E-state index in [1.165, 1.54) is 36.3 Å². The van der Waals surface area contributed by atoms with Gasteiger partial charge in [-0.15, -0.1) is 11.3 Å². The molecule has 11 heteroatoms. The number of thiophene rings is 1. The van der Waals surface area contributed by atoms with E-state index in [0.29, 0.717) is 16.1 Å². The standard InChI is InChI=1S/C21H19N5O5S/c1-24-17-16(19(28)25(2)21(24)30)26(12-22-17)9-10-31-20(29)13-5-7-14(8-6-13)23-18(27)15-4-3-11-32-15/h3-8,11-12H,9-10H2,1-2H3,(H,23,27). The number of rotatable bonds is 6. The molecule has 1 amide bonds. The topological polar surface area (TPSA) is 117 Å². The van der Waals surface area contributed by atoms with Crippen LogP contribution in [0.1, 0.15) is 20.0 Å². The molecule has 0 aliphatic carbocycles. The van der Waals surface area contributed by atoms with Crippen molar-refractivity contribution in [3.63, 3.8) is 0 Å². The predicted octanol–water partition coefficient (Wildman–Crippen LogP) is 1.60. The molecule has 164 valence electrons. The Kier molecular flexibility index (Phi) is 5.73. The minimum Gasteiger partial charge on any atom is -0.460 e. The van der Waals surface area contributed by atoms with Gasteiger partial charge in [0, 0.05) is 19.8 Å². The summed E-state index contributed by atoms with van der Waals surface area (Å²) in [6.07, 6.45) is 1.43. The lowest BCUT2D eigenvalue weighted by molar-refractivity contribution is 0.0492. The summed E-state index contributed by atoms with van der Waals surface area (Å²) in [6, 6.07) is 9.88. The van der Waals surface area contributed by atoms with Gasteiger partial charge in [0.25, 0.3) is 11.5 Å². The second-order valence-corrected chi connectivity index (χ2v) is 7.91. The summed E-state index contributed by atoms with van der Waals surface area (Å²) < 4.78 is 9.15. The molecule has 0 saturated carbocycles. The first-order valence-corrected chi connectivity index (χ1v) is 10.5. The molecule has 4 rings (SSSR count). The Hall–Kier alpha value is -3.99. The van der Waals surface area contributed by atoms with E-state index in [1.54, 1.807) is 41.0 Å². The first-order valence-electron chi connectivity index (χ1n) is 9.59. The summed E-state index contributed by atoms with van der Waals surface area (Å²) in [6.45, 7) is 0.206. The van der Waals surface area contributed by atoms with Crippen LogP contribution >= 0.6 is 11.3 Å². The number of amides is 1. The number of esters is 1. The molecule has 0 unspecified atom stereocenters. The van der Waals surface area contributed by atoms with Crippen molar-refractivity contribution in [2.75, 3.05) is 11.9 Å². The zero-order chi connectivity index (χ0) is 22.8. The molecule has 4 aromatic rings. The maximum Gasteiger partial charge on any atom is 0.338 e. The number of anilines is 1. The molecule has 32 heavy (non-hydrogen) atoms. The Morgan fingerprint density at radius 2 is 1.84 bits per heavy atom. The lowest BCUT2D eigenvalue weighted by Crippen LogP contribution is -2.37. The van der Waals surface area contributed by atoms with Crippen molar-refractivity contribution in [1.82, 2.24) is 18.7 Å². The smallest absolute Gasteiger partial charge is 0.338 e. The van der Waals surface area contributed by atoms with E-state index in [0.717, 1.165) is 4.57 Å². The van der Waals surface area contributed by atoms with Crippen molar-refractivity contribution in [3.05, 3.63) is 79.4 Å². The van der Waals surface area contributed by atoms with Crippen molar-refractivity contribution in [3.8, 4) is 0 Å². The van der Waals surface area contributed by atoms with Crippen LogP contribution in [0.25, 0.3) is 11.2 Å². The first-order chi connectivity index (χ1) is 15.4. The number of aryl methyl sites for hydroxylation is 1. The van der Waals surface area contributed by atoms with Gasteiger partial charge in [0.05, 0.1) is 23.3 Å². The lowest BCUT2D eigenvalue weighted by Gasteiger charge is -2.08. The number of nitrogens with one attached hydrogen (secondary N) is 1. The van der Waals surface area contributed by atoms with Crippen molar-refractivity contribution < 1.29 is 14.3 Å². The number of ether oxygens (including phenoxy) is 1. The second kappa shape index (κ2) is 8.63. The minimum absolute atomic E-state index is 0.00710. The molecule has 1 aromatic carbocycles. The van der Waals surface area contributed by atoms with Crippen LogP contribution in [0.4, 0.5) is 5.69 Å². The number of carbonyl (C=O) groups is 2. The van der Waals surface area contributed by atoms with Gasteiger partial charge in [-0.1, -0.05) is 6.07 Å². The fourth-order valence-corrected chi connectivity index (χ4v) is 3.80. The van der Waals surface area contributed by atoms with Gasteiger partial charge in [-0.25, -0.2) is 14.6 Å². The zero-order valence-electron chi connectivity index (χ0n) is 17.3. The SMILES string of the molecule is Cn1c(=O)c2c(ncn2CCOC(=O)c2ccc(NC(=O)c3cccs3)cc2)n(C)c1=O. The van der Waals surface area contributed by atoms with Crippen LogP contribution in [0.3, 0.4) is 0 Å². The van der Waals surface area contributed by atoms with Gasteiger partial charge in [0.15, 0.2) is 11.2 Å². The average Bonchev–Trinajstić information content (AvgIpc) is 3.47. The summed E-state index contributed by atoms with van der Waals surface area (Å²) in [5, 5.41) is 4.58.